The van der Waals surface area contributed by atoms with E-state index in [0.29, 0.717) is 29.8 Å². The number of aromatic nitrogens is 4. The number of imidazole rings is 1. The van der Waals surface area contributed by atoms with Crippen molar-refractivity contribution in [1.82, 2.24) is 24.8 Å². The predicted molar refractivity (Wildman–Crippen MR) is 108 cm³/mol. The lowest BCUT2D eigenvalue weighted by Crippen LogP contribution is -2.54. The molecule has 0 bridgehead atoms. The Kier molecular flexibility index (Phi) is 5.35. The molecule has 0 unspecified atom stereocenters. The van der Waals surface area contributed by atoms with Crippen LogP contribution in [0.5, 0.6) is 0 Å². The molecule has 3 N–H and O–H groups in total. The molecule has 1 aliphatic carbocycles. The molecule has 0 spiro atoms. The third-order valence-electron chi connectivity index (χ3n) is 5.49. The van der Waals surface area contributed by atoms with Gasteiger partial charge >= 0.3 is 0 Å². The minimum absolute atomic E-state index is 0.102. The van der Waals surface area contributed by atoms with E-state index < -0.39 is 36.0 Å². The van der Waals surface area contributed by atoms with E-state index in [1.165, 1.54) is 24.5 Å². The molecule has 158 valence electrons. The Balaban J connectivity index is 1.54. The van der Waals surface area contributed by atoms with Crippen LogP contribution in [0.25, 0.3) is 11.2 Å². The average Bonchev–Trinajstić information content (AvgIpc) is 3.15. The summed E-state index contributed by atoms with van der Waals surface area (Å²) in [6.07, 6.45) is 1.47. The number of aliphatic hydroxyl groups excluding tert-OH is 2. The zero-order chi connectivity index (χ0) is 21.4. The lowest BCUT2D eigenvalue weighted by molar-refractivity contribution is -0.0552. The Hall–Kier alpha value is -3.11. The van der Waals surface area contributed by atoms with E-state index in [1.807, 2.05) is 19.0 Å². The third kappa shape index (κ3) is 3.48. The first-order chi connectivity index (χ1) is 14.4. The fraction of sp³-hybridized carbons (Fsp3) is 0.400. The van der Waals surface area contributed by atoms with E-state index in [0.717, 1.165) is 0 Å². The zero-order valence-electron chi connectivity index (χ0n) is 16.6. The number of benzene rings is 1. The summed E-state index contributed by atoms with van der Waals surface area (Å²) in [5, 5.41) is 24.1. The summed E-state index contributed by atoms with van der Waals surface area (Å²) in [6.45, 7) is 0. The molecule has 0 aliphatic heterocycles. The van der Waals surface area contributed by atoms with Crippen molar-refractivity contribution in [2.24, 2.45) is 0 Å². The van der Waals surface area contributed by atoms with Gasteiger partial charge in [0.2, 0.25) is 0 Å². The monoisotopic (exact) mass is 414 g/mol. The topological polar surface area (TPSA) is 116 Å². The number of aliphatic hydroxyl groups is 2. The summed E-state index contributed by atoms with van der Waals surface area (Å²) in [4.78, 5) is 27.1. The number of carbonyl (C=O) groups excluding carboxylic acids is 1. The normalized spacial score (nSPS) is 24.0. The van der Waals surface area contributed by atoms with Crippen LogP contribution in [0.2, 0.25) is 0 Å². The molecule has 0 saturated heterocycles. The highest BCUT2D eigenvalue weighted by molar-refractivity contribution is 5.94. The molecule has 4 rings (SSSR count). The smallest absolute Gasteiger partial charge is 0.254 e. The average molecular weight is 414 g/mol. The van der Waals surface area contributed by atoms with Gasteiger partial charge in [0.1, 0.15) is 24.4 Å². The van der Waals surface area contributed by atoms with E-state index in [2.05, 4.69) is 20.3 Å². The number of hydrogen-bond donors (Lipinski definition) is 3. The Morgan fingerprint density at radius 3 is 2.67 bits per heavy atom. The van der Waals surface area contributed by atoms with Gasteiger partial charge in [0, 0.05) is 14.1 Å². The molecule has 9 nitrogen and oxygen atoms in total. The van der Waals surface area contributed by atoms with Crippen LogP contribution in [-0.4, -0.2) is 68.0 Å². The van der Waals surface area contributed by atoms with E-state index in [4.69, 9.17) is 0 Å². The fourth-order valence-corrected chi connectivity index (χ4v) is 3.92. The number of hydrogen-bond acceptors (Lipinski definition) is 7. The highest BCUT2D eigenvalue weighted by Crippen LogP contribution is 2.32. The van der Waals surface area contributed by atoms with Crippen molar-refractivity contribution < 1.29 is 19.4 Å². The molecule has 1 saturated carbocycles. The number of anilines is 1. The van der Waals surface area contributed by atoms with Gasteiger partial charge in [-0.15, -0.1) is 0 Å². The van der Waals surface area contributed by atoms with Crippen LogP contribution < -0.4 is 10.2 Å². The van der Waals surface area contributed by atoms with Crippen molar-refractivity contribution in [3.63, 3.8) is 0 Å². The quantitative estimate of drug-likeness (QED) is 0.580. The molecule has 2 heterocycles. The molecule has 0 radical (unpaired) electrons. The molecule has 2 aromatic heterocycles. The summed E-state index contributed by atoms with van der Waals surface area (Å²) >= 11 is 0. The van der Waals surface area contributed by atoms with Gasteiger partial charge in [0.25, 0.3) is 5.91 Å². The molecule has 1 amide bonds. The fourth-order valence-electron chi connectivity index (χ4n) is 3.92. The standard InChI is InChI=1S/C20H23FN6O3/c1-26(2)18-15-19(23-9-22-18)27(10-24-15)14-8-7-13(16(28)17(14)29)25-20(30)11-5-3-4-6-12(11)21/h3-6,9-10,13-14,16-17,28-29H,7-8H2,1-2H3,(H,25,30)/t13-,14-,16-,17-/m1/s1. The highest BCUT2D eigenvalue weighted by Gasteiger charge is 2.40. The second kappa shape index (κ2) is 7.96. The van der Waals surface area contributed by atoms with Gasteiger partial charge in [-0.1, -0.05) is 12.1 Å². The largest absolute Gasteiger partial charge is 0.388 e. The van der Waals surface area contributed by atoms with Crippen LogP contribution in [0.3, 0.4) is 0 Å². The number of rotatable bonds is 4. The van der Waals surface area contributed by atoms with Gasteiger partial charge in [-0.2, -0.15) is 0 Å². The van der Waals surface area contributed by atoms with Crippen LogP contribution in [0.15, 0.2) is 36.9 Å². The lowest BCUT2D eigenvalue weighted by Gasteiger charge is -2.38. The first-order valence-electron chi connectivity index (χ1n) is 9.65. The molecule has 1 aliphatic rings. The summed E-state index contributed by atoms with van der Waals surface area (Å²) in [7, 11) is 3.70. The SMILES string of the molecule is CN(C)c1ncnc2c1ncn2[C@@H]1CC[C@@H](NC(=O)c2ccccc2F)[C@@H](O)[C@@H]1O. The number of carbonyl (C=O) groups is 1. The molecule has 30 heavy (non-hydrogen) atoms. The van der Waals surface area contributed by atoms with Crippen LogP contribution in [0.4, 0.5) is 10.2 Å². The molecule has 1 aromatic carbocycles. The van der Waals surface area contributed by atoms with Crippen LogP contribution in [0.1, 0.15) is 29.2 Å². The van der Waals surface area contributed by atoms with E-state index in [9.17, 15) is 19.4 Å². The Morgan fingerprint density at radius 1 is 1.17 bits per heavy atom. The van der Waals surface area contributed by atoms with E-state index >= 15 is 0 Å². The van der Waals surface area contributed by atoms with Gasteiger partial charge in [-0.3, -0.25) is 4.79 Å². The van der Waals surface area contributed by atoms with Gasteiger partial charge in [-0.05, 0) is 25.0 Å². The van der Waals surface area contributed by atoms with Crippen molar-refractivity contribution in [2.45, 2.75) is 37.1 Å². The van der Waals surface area contributed by atoms with Gasteiger partial charge in [-0.25, -0.2) is 19.3 Å². The predicted octanol–water partition coefficient (Wildman–Crippen LogP) is 0.887. The number of fused-ring (bicyclic) bond motifs is 1. The van der Waals surface area contributed by atoms with Crippen LogP contribution >= 0.6 is 0 Å². The summed E-state index contributed by atoms with van der Waals surface area (Å²) in [6, 6.07) is 4.45. The maximum absolute atomic E-state index is 13.9. The van der Waals surface area contributed by atoms with E-state index in [1.54, 1.807) is 17.0 Å². The third-order valence-corrected chi connectivity index (χ3v) is 5.49. The first kappa shape index (κ1) is 20.2. The van der Waals surface area contributed by atoms with Crippen molar-refractivity contribution in [2.75, 3.05) is 19.0 Å². The number of nitrogens with one attached hydrogen (secondary N) is 1. The Morgan fingerprint density at radius 2 is 1.93 bits per heavy atom. The van der Waals surface area contributed by atoms with Crippen molar-refractivity contribution in [1.29, 1.82) is 0 Å². The zero-order valence-corrected chi connectivity index (χ0v) is 16.6. The number of amides is 1. The van der Waals surface area contributed by atoms with Crippen LogP contribution in [-0.2, 0) is 0 Å². The summed E-state index contributed by atoms with van der Waals surface area (Å²) in [5.74, 6) is -0.612. The minimum Gasteiger partial charge on any atom is -0.388 e. The highest BCUT2D eigenvalue weighted by atomic mass is 19.1. The second-order valence-electron chi connectivity index (χ2n) is 7.60. The van der Waals surface area contributed by atoms with Crippen LogP contribution in [0, 0.1) is 5.82 Å². The van der Waals surface area contributed by atoms with Crippen molar-refractivity contribution in [3.05, 3.63) is 48.3 Å². The minimum atomic E-state index is -1.23. The Labute approximate surface area is 172 Å². The molecule has 10 heteroatoms. The lowest BCUT2D eigenvalue weighted by atomic mass is 9.85. The number of halogens is 1. The van der Waals surface area contributed by atoms with Crippen molar-refractivity contribution in [3.8, 4) is 0 Å². The molecule has 3 aromatic rings. The number of nitrogens with zero attached hydrogens (tertiary/aromatic N) is 5. The van der Waals surface area contributed by atoms with Crippen molar-refractivity contribution >= 4 is 22.9 Å². The van der Waals surface area contributed by atoms with Gasteiger partial charge < -0.3 is 25.0 Å². The molecular formula is C20H23FN6O3. The first-order valence-corrected chi connectivity index (χ1v) is 9.65. The molecule has 1 fully saturated rings. The Bertz CT molecular complexity index is 1070. The van der Waals surface area contributed by atoms with Gasteiger partial charge in [0.15, 0.2) is 17.0 Å². The maximum Gasteiger partial charge on any atom is 0.254 e. The second-order valence-corrected chi connectivity index (χ2v) is 7.60. The molecular weight excluding hydrogens is 391 g/mol. The maximum atomic E-state index is 13.9. The van der Waals surface area contributed by atoms with E-state index in [-0.39, 0.29) is 5.56 Å². The summed E-state index contributed by atoms with van der Waals surface area (Å²) < 4.78 is 15.6. The van der Waals surface area contributed by atoms with Gasteiger partial charge in [0.05, 0.1) is 24.0 Å². The molecule has 4 atom stereocenters. The summed E-state index contributed by atoms with van der Waals surface area (Å²) in [5.41, 5.74) is 1.05.